The van der Waals surface area contributed by atoms with Gasteiger partial charge in [-0.25, -0.2) is 0 Å². The zero-order valence-electron chi connectivity index (χ0n) is 19.0. The molecule has 3 aliphatic carbocycles. The first-order valence-corrected chi connectivity index (χ1v) is 10.5. The Balaban J connectivity index is 2.17. The molecule has 0 saturated carbocycles. The third kappa shape index (κ3) is 5.50. The fraction of sp³-hybridized carbons (Fsp3) is 0.357. The van der Waals surface area contributed by atoms with E-state index in [2.05, 4.69) is 138 Å². The van der Waals surface area contributed by atoms with Crippen LogP contribution in [0.25, 0.3) is 0 Å². The highest BCUT2D eigenvalue weighted by Gasteiger charge is 2.24. The van der Waals surface area contributed by atoms with Gasteiger partial charge in [0.1, 0.15) is 0 Å². The summed E-state index contributed by atoms with van der Waals surface area (Å²) in [7, 11) is 0. The Bertz CT molecular complexity index is 931. The van der Waals surface area contributed by atoms with Crippen molar-refractivity contribution in [1.82, 2.24) is 4.90 Å². The van der Waals surface area contributed by atoms with E-state index in [1.807, 2.05) is 0 Å². The Hall–Kier alpha value is -2.54. The van der Waals surface area contributed by atoms with Crippen LogP contribution in [0.15, 0.2) is 108 Å². The molecule has 0 aromatic carbocycles. The molecule has 3 aliphatic rings. The van der Waals surface area contributed by atoms with Gasteiger partial charge in [-0.15, -0.1) is 0 Å². The second kappa shape index (κ2) is 7.71. The van der Waals surface area contributed by atoms with E-state index in [0.717, 1.165) is 0 Å². The van der Waals surface area contributed by atoms with Crippen LogP contribution < -0.4 is 0 Å². The molecule has 0 bridgehead atoms. The van der Waals surface area contributed by atoms with Crippen LogP contribution in [-0.2, 0) is 0 Å². The number of hydrogen-bond acceptors (Lipinski definition) is 1. The molecule has 0 unspecified atom stereocenters. The van der Waals surface area contributed by atoms with Crippen molar-refractivity contribution >= 4 is 0 Å². The normalized spacial score (nSPS) is 24.0. The smallest absolute Gasteiger partial charge is 0.0458 e. The van der Waals surface area contributed by atoms with Gasteiger partial charge in [0, 0.05) is 33.3 Å². The third-order valence-electron chi connectivity index (χ3n) is 5.31. The molecule has 29 heavy (non-hydrogen) atoms. The van der Waals surface area contributed by atoms with Crippen molar-refractivity contribution in [3.8, 4) is 0 Å². The van der Waals surface area contributed by atoms with E-state index in [-0.39, 0.29) is 16.2 Å². The topological polar surface area (TPSA) is 3.24 Å². The molecule has 0 aromatic heterocycles. The summed E-state index contributed by atoms with van der Waals surface area (Å²) in [4.78, 5) is 2.39. The highest BCUT2D eigenvalue weighted by atomic mass is 15.2. The van der Waals surface area contributed by atoms with Crippen LogP contribution in [0.5, 0.6) is 0 Å². The summed E-state index contributed by atoms with van der Waals surface area (Å²) in [5.41, 5.74) is 4.86. The summed E-state index contributed by atoms with van der Waals surface area (Å²) in [5, 5.41) is 0. The standard InChI is InChI=1S/C28H35N/c1-22-13-14-25(21-28(6,7)19-22)29(23-12-10-17-26(2,3)18-15-23)24-11-8-9-16-27(4,5)20-24/h8-21H,1-7H3. The zero-order valence-corrected chi connectivity index (χ0v) is 19.0. The van der Waals surface area contributed by atoms with E-state index in [9.17, 15) is 0 Å². The van der Waals surface area contributed by atoms with Crippen LogP contribution in [0.3, 0.4) is 0 Å². The summed E-state index contributed by atoms with van der Waals surface area (Å²) in [6, 6.07) is 0. The molecule has 1 heteroatoms. The molecule has 0 atom stereocenters. The lowest BCUT2D eigenvalue weighted by Crippen LogP contribution is -2.22. The van der Waals surface area contributed by atoms with E-state index in [4.69, 9.17) is 0 Å². The average Bonchev–Trinajstić information content (AvgIpc) is 2.93. The zero-order chi connectivity index (χ0) is 21.3. The van der Waals surface area contributed by atoms with Gasteiger partial charge in [-0.2, -0.15) is 0 Å². The first-order chi connectivity index (χ1) is 13.5. The molecule has 0 aliphatic heterocycles. The molecule has 0 heterocycles. The lowest BCUT2D eigenvalue weighted by Gasteiger charge is -2.31. The summed E-state index contributed by atoms with van der Waals surface area (Å²) in [5.74, 6) is 0. The van der Waals surface area contributed by atoms with Crippen LogP contribution in [0, 0.1) is 16.2 Å². The summed E-state index contributed by atoms with van der Waals surface area (Å²) < 4.78 is 0. The van der Waals surface area contributed by atoms with Gasteiger partial charge in [-0.3, -0.25) is 0 Å². The van der Waals surface area contributed by atoms with Gasteiger partial charge in [0.15, 0.2) is 0 Å². The predicted molar refractivity (Wildman–Crippen MR) is 127 cm³/mol. The summed E-state index contributed by atoms with van der Waals surface area (Å²) >= 11 is 0. The molecule has 0 saturated heterocycles. The fourth-order valence-electron chi connectivity index (χ4n) is 3.94. The van der Waals surface area contributed by atoms with Crippen molar-refractivity contribution in [2.24, 2.45) is 16.2 Å². The quantitative estimate of drug-likeness (QED) is 0.479. The van der Waals surface area contributed by atoms with E-state index in [1.165, 1.54) is 22.7 Å². The Labute approximate surface area is 177 Å². The van der Waals surface area contributed by atoms with E-state index >= 15 is 0 Å². The molecule has 0 N–H and O–H groups in total. The highest BCUT2D eigenvalue weighted by molar-refractivity contribution is 5.46. The van der Waals surface area contributed by atoms with Crippen LogP contribution in [0.4, 0.5) is 0 Å². The summed E-state index contributed by atoms with van der Waals surface area (Å²) in [6.45, 7) is 15.7. The Morgan fingerprint density at radius 1 is 0.552 bits per heavy atom. The molecule has 0 radical (unpaired) electrons. The number of allylic oxidation sites excluding steroid dienone is 15. The van der Waals surface area contributed by atoms with E-state index < -0.39 is 0 Å². The molecule has 0 aromatic rings. The molecular weight excluding hydrogens is 350 g/mol. The summed E-state index contributed by atoms with van der Waals surface area (Å²) in [6.07, 6.45) is 31.5. The molecule has 0 fully saturated rings. The monoisotopic (exact) mass is 385 g/mol. The van der Waals surface area contributed by atoms with Crippen molar-refractivity contribution in [3.05, 3.63) is 108 Å². The average molecular weight is 386 g/mol. The van der Waals surface area contributed by atoms with Crippen molar-refractivity contribution in [2.45, 2.75) is 48.5 Å². The van der Waals surface area contributed by atoms with Crippen molar-refractivity contribution in [3.63, 3.8) is 0 Å². The van der Waals surface area contributed by atoms with Crippen LogP contribution in [-0.4, -0.2) is 4.90 Å². The van der Waals surface area contributed by atoms with Crippen LogP contribution in [0.1, 0.15) is 48.5 Å². The lowest BCUT2D eigenvalue weighted by molar-refractivity contribution is 0.525. The fourth-order valence-corrected chi connectivity index (χ4v) is 3.94. The second-order valence-electron chi connectivity index (χ2n) is 10.2. The molecule has 3 rings (SSSR count). The first-order valence-electron chi connectivity index (χ1n) is 10.5. The second-order valence-corrected chi connectivity index (χ2v) is 10.2. The van der Waals surface area contributed by atoms with Gasteiger partial charge < -0.3 is 4.90 Å². The Kier molecular flexibility index (Phi) is 5.63. The van der Waals surface area contributed by atoms with Crippen LogP contribution >= 0.6 is 0 Å². The molecule has 1 nitrogen and oxygen atoms in total. The molecule has 0 amide bonds. The highest BCUT2D eigenvalue weighted by Crippen LogP contribution is 2.36. The van der Waals surface area contributed by atoms with E-state index in [1.54, 1.807) is 0 Å². The van der Waals surface area contributed by atoms with Gasteiger partial charge >= 0.3 is 0 Å². The minimum atomic E-state index is -0.0198. The molecule has 0 spiro atoms. The van der Waals surface area contributed by atoms with Crippen molar-refractivity contribution in [1.29, 1.82) is 0 Å². The molecule has 152 valence electrons. The Morgan fingerprint density at radius 3 is 1.97 bits per heavy atom. The van der Waals surface area contributed by atoms with Crippen molar-refractivity contribution in [2.75, 3.05) is 0 Å². The maximum absolute atomic E-state index is 2.39. The van der Waals surface area contributed by atoms with Gasteiger partial charge in [-0.05, 0) is 31.2 Å². The molecular formula is C28H35N. The SMILES string of the molecule is CC1=CC(C)(C)C=C(N(C2=CC=CC(C)(C)C=C2)C2=CC(C)(C)C=CC=C2)C=C1. The van der Waals surface area contributed by atoms with Crippen molar-refractivity contribution < 1.29 is 0 Å². The van der Waals surface area contributed by atoms with Gasteiger partial charge in [0.2, 0.25) is 0 Å². The third-order valence-corrected chi connectivity index (χ3v) is 5.31. The minimum Gasteiger partial charge on any atom is -0.311 e. The maximum Gasteiger partial charge on any atom is 0.0458 e. The van der Waals surface area contributed by atoms with Gasteiger partial charge in [0.25, 0.3) is 0 Å². The van der Waals surface area contributed by atoms with Gasteiger partial charge in [0.05, 0.1) is 0 Å². The lowest BCUT2D eigenvalue weighted by atomic mass is 9.90. The first kappa shape index (κ1) is 21.2. The largest absolute Gasteiger partial charge is 0.311 e. The number of hydrogen-bond donors (Lipinski definition) is 0. The number of nitrogens with zero attached hydrogens (tertiary/aromatic N) is 1. The Morgan fingerprint density at radius 2 is 1.21 bits per heavy atom. The minimum absolute atomic E-state index is 0.0140. The number of rotatable bonds is 3. The predicted octanol–water partition coefficient (Wildman–Crippen LogP) is 7.79. The van der Waals surface area contributed by atoms with E-state index in [0.29, 0.717) is 0 Å². The van der Waals surface area contributed by atoms with Crippen LogP contribution in [0.2, 0.25) is 0 Å². The maximum atomic E-state index is 2.39. The van der Waals surface area contributed by atoms with Gasteiger partial charge in [-0.1, -0.05) is 108 Å².